The fourth-order valence-electron chi connectivity index (χ4n) is 1.33. The largest absolute Gasteiger partial charge is 0.481 e. The fourth-order valence-corrected chi connectivity index (χ4v) is 1.33. The highest BCUT2D eigenvalue weighted by Crippen LogP contribution is 2.02. The number of nitrogens with zero attached hydrogens (tertiary/aromatic N) is 2. The van der Waals surface area contributed by atoms with E-state index in [4.69, 9.17) is 5.11 Å². The van der Waals surface area contributed by atoms with Crippen LogP contribution in [0.15, 0.2) is 12.3 Å². The van der Waals surface area contributed by atoms with Gasteiger partial charge in [0.05, 0.1) is 6.42 Å². The summed E-state index contributed by atoms with van der Waals surface area (Å²) in [6.45, 7) is 1.81. The fraction of sp³-hybridized carbons (Fsp3) is 0.500. The van der Waals surface area contributed by atoms with Gasteiger partial charge < -0.3 is 10.4 Å². The zero-order valence-electron chi connectivity index (χ0n) is 9.80. The average molecular weight is 240 g/mol. The van der Waals surface area contributed by atoms with Crippen LogP contribution in [-0.4, -0.2) is 32.9 Å². The number of aromatic nitrogens is 2. The van der Waals surface area contributed by atoms with Crippen LogP contribution in [0.25, 0.3) is 0 Å². The minimum atomic E-state index is -0.935. The molecule has 0 radical (unpaired) electrons. The summed E-state index contributed by atoms with van der Waals surface area (Å²) < 4.78 is 1.56. The first-order valence-electron chi connectivity index (χ1n) is 5.30. The van der Waals surface area contributed by atoms with E-state index in [0.717, 1.165) is 0 Å². The minimum absolute atomic E-state index is 0.0911. The van der Waals surface area contributed by atoms with E-state index in [0.29, 0.717) is 12.2 Å². The van der Waals surface area contributed by atoms with E-state index < -0.39 is 12.0 Å². The van der Waals surface area contributed by atoms with E-state index >= 15 is 0 Å². The highest BCUT2D eigenvalue weighted by molar-refractivity contribution is 5.88. The first-order chi connectivity index (χ1) is 8.01. The number of aliphatic carboxylic acids is 1. The summed E-state index contributed by atoms with van der Waals surface area (Å²) in [5.41, 5.74) is 0. The lowest BCUT2D eigenvalue weighted by atomic mass is 10.1. The number of aryl methyl sites for hydroxylation is 1. The predicted octanol–water partition coefficient (Wildman–Crippen LogP) is 0.795. The maximum Gasteiger partial charge on any atom is 0.320 e. The lowest BCUT2D eigenvalue weighted by Gasteiger charge is -2.14. The molecule has 0 spiro atoms. The molecular formula is C10H16N4O3. The monoisotopic (exact) mass is 240 g/mol. The first-order valence-corrected chi connectivity index (χ1v) is 5.30. The van der Waals surface area contributed by atoms with Crippen LogP contribution in [0.5, 0.6) is 0 Å². The summed E-state index contributed by atoms with van der Waals surface area (Å²) >= 11 is 0. The molecule has 0 aromatic carbocycles. The van der Waals surface area contributed by atoms with Crippen LogP contribution in [0, 0.1) is 0 Å². The van der Waals surface area contributed by atoms with Crippen molar-refractivity contribution in [3.63, 3.8) is 0 Å². The lowest BCUT2D eigenvalue weighted by molar-refractivity contribution is -0.137. The van der Waals surface area contributed by atoms with Crippen LogP contribution in [0.2, 0.25) is 0 Å². The van der Waals surface area contributed by atoms with Crippen molar-refractivity contribution in [3.05, 3.63) is 12.3 Å². The standard InChI is InChI=1S/C10H16N4O3/c1-3-7(6-9(15)16)11-10(17)12-8-4-5-14(2)13-8/h4-5,7H,3,6H2,1-2H3,(H,15,16)(H2,11,12,13,17). The smallest absolute Gasteiger partial charge is 0.320 e. The molecule has 17 heavy (non-hydrogen) atoms. The minimum Gasteiger partial charge on any atom is -0.481 e. The molecule has 3 N–H and O–H groups in total. The molecule has 0 aliphatic heterocycles. The van der Waals surface area contributed by atoms with Gasteiger partial charge in [-0.1, -0.05) is 6.92 Å². The zero-order valence-corrected chi connectivity index (χ0v) is 9.80. The summed E-state index contributed by atoms with van der Waals surface area (Å²) in [4.78, 5) is 22.0. The molecule has 0 aliphatic rings. The second-order valence-corrected chi connectivity index (χ2v) is 3.68. The molecule has 7 nitrogen and oxygen atoms in total. The normalized spacial score (nSPS) is 11.9. The number of urea groups is 1. The average Bonchev–Trinajstić information content (AvgIpc) is 2.62. The zero-order chi connectivity index (χ0) is 12.8. The van der Waals surface area contributed by atoms with Crippen molar-refractivity contribution in [2.24, 2.45) is 7.05 Å². The molecule has 7 heteroatoms. The molecule has 0 saturated heterocycles. The molecule has 94 valence electrons. The third-order valence-corrected chi connectivity index (χ3v) is 2.20. The van der Waals surface area contributed by atoms with E-state index in [-0.39, 0.29) is 12.5 Å². The van der Waals surface area contributed by atoms with Crippen LogP contribution < -0.4 is 10.6 Å². The van der Waals surface area contributed by atoms with Crippen molar-refractivity contribution in [3.8, 4) is 0 Å². The van der Waals surface area contributed by atoms with Gasteiger partial charge in [0.15, 0.2) is 5.82 Å². The summed E-state index contributed by atoms with van der Waals surface area (Å²) in [5.74, 6) is -0.509. The van der Waals surface area contributed by atoms with Gasteiger partial charge in [0.1, 0.15) is 0 Å². The van der Waals surface area contributed by atoms with Gasteiger partial charge in [-0.25, -0.2) is 4.79 Å². The molecule has 1 aromatic heterocycles. The Balaban J connectivity index is 2.45. The molecule has 0 saturated carbocycles. The summed E-state index contributed by atoms with van der Waals surface area (Å²) in [5, 5.41) is 17.7. The second kappa shape index (κ2) is 5.88. The number of carbonyl (C=O) groups is 2. The van der Waals surface area contributed by atoms with Crippen molar-refractivity contribution < 1.29 is 14.7 Å². The number of hydrogen-bond donors (Lipinski definition) is 3. The van der Waals surface area contributed by atoms with Gasteiger partial charge in [0, 0.05) is 25.4 Å². The van der Waals surface area contributed by atoms with Crippen LogP contribution in [-0.2, 0) is 11.8 Å². The Kier molecular flexibility index (Phi) is 4.50. The maximum absolute atomic E-state index is 11.5. The van der Waals surface area contributed by atoms with E-state index in [9.17, 15) is 9.59 Å². The number of hydrogen-bond acceptors (Lipinski definition) is 3. The summed E-state index contributed by atoms with van der Waals surface area (Å²) in [6, 6.07) is 0.825. The summed E-state index contributed by atoms with van der Waals surface area (Å²) in [7, 11) is 1.74. The van der Waals surface area contributed by atoms with Crippen LogP contribution in [0.1, 0.15) is 19.8 Å². The maximum atomic E-state index is 11.5. The molecule has 1 unspecified atom stereocenters. The second-order valence-electron chi connectivity index (χ2n) is 3.68. The molecule has 2 amide bonds. The third-order valence-electron chi connectivity index (χ3n) is 2.20. The Hall–Kier alpha value is -2.05. The van der Waals surface area contributed by atoms with Gasteiger partial charge in [0.25, 0.3) is 0 Å². The van der Waals surface area contributed by atoms with Crippen molar-refractivity contribution in [1.82, 2.24) is 15.1 Å². The number of carbonyl (C=O) groups excluding carboxylic acids is 1. The Bertz CT molecular complexity index is 402. The van der Waals surface area contributed by atoms with Crippen LogP contribution in [0.3, 0.4) is 0 Å². The van der Waals surface area contributed by atoms with Gasteiger partial charge in [-0.3, -0.25) is 14.8 Å². The van der Waals surface area contributed by atoms with Gasteiger partial charge in [-0.2, -0.15) is 5.10 Å². The predicted molar refractivity (Wildman–Crippen MR) is 61.7 cm³/mol. The Morgan fingerprint density at radius 1 is 1.59 bits per heavy atom. The Morgan fingerprint density at radius 3 is 2.76 bits per heavy atom. The van der Waals surface area contributed by atoms with Crippen molar-refractivity contribution >= 4 is 17.8 Å². The van der Waals surface area contributed by atoms with Crippen molar-refractivity contribution in [1.29, 1.82) is 0 Å². The van der Waals surface area contributed by atoms with Crippen LogP contribution in [0.4, 0.5) is 10.6 Å². The highest BCUT2D eigenvalue weighted by atomic mass is 16.4. The summed E-state index contributed by atoms with van der Waals surface area (Å²) in [6.07, 6.45) is 2.16. The van der Waals surface area contributed by atoms with E-state index in [2.05, 4.69) is 15.7 Å². The molecule has 0 fully saturated rings. The van der Waals surface area contributed by atoms with E-state index in [1.165, 1.54) is 0 Å². The quantitative estimate of drug-likeness (QED) is 0.709. The van der Waals surface area contributed by atoms with E-state index in [1.807, 2.05) is 6.92 Å². The van der Waals surface area contributed by atoms with Gasteiger partial charge in [0.2, 0.25) is 0 Å². The number of amides is 2. The topological polar surface area (TPSA) is 96.3 Å². The molecule has 1 atom stereocenters. The number of carboxylic acids is 1. The molecular weight excluding hydrogens is 224 g/mol. The molecule has 0 bridgehead atoms. The first kappa shape index (κ1) is 13.0. The van der Waals surface area contributed by atoms with Gasteiger partial charge in [-0.15, -0.1) is 0 Å². The SMILES string of the molecule is CCC(CC(=O)O)NC(=O)Nc1ccn(C)n1. The highest BCUT2D eigenvalue weighted by Gasteiger charge is 2.14. The molecule has 1 heterocycles. The van der Waals surface area contributed by atoms with Crippen molar-refractivity contribution in [2.75, 3.05) is 5.32 Å². The number of nitrogens with one attached hydrogen (secondary N) is 2. The Labute approximate surface area is 98.8 Å². The molecule has 1 rings (SSSR count). The van der Waals surface area contributed by atoms with E-state index in [1.54, 1.807) is 24.0 Å². The Morgan fingerprint density at radius 2 is 2.29 bits per heavy atom. The van der Waals surface area contributed by atoms with Crippen molar-refractivity contribution in [2.45, 2.75) is 25.8 Å². The third kappa shape index (κ3) is 4.54. The lowest BCUT2D eigenvalue weighted by Crippen LogP contribution is -2.39. The van der Waals surface area contributed by atoms with Crippen LogP contribution >= 0.6 is 0 Å². The molecule has 1 aromatic rings. The van der Waals surface area contributed by atoms with Gasteiger partial charge in [-0.05, 0) is 6.42 Å². The number of rotatable bonds is 5. The number of carboxylic acid groups (broad SMARTS) is 1. The van der Waals surface area contributed by atoms with Gasteiger partial charge >= 0.3 is 12.0 Å². The number of anilines is 1. The molecule has 0 aliphatic carbocycles.